The number of carbonyl (C=O) groups is 2. The molecular formula is C14H14N2O2S. The fraction of sp³-hybridized carbons (Fsp3) is 0.214. The summed E-state index contributed by atoms with van der Waals surface area (Å²) in [6, 6.07) is 5.58. The van der Waals surface area contributed by atoms with Crippen LogP contribution in [0, 0.1) is 13.8 Å². The zero-order valence-corrected chi connectivity index (χ0v) is 11.8. The summed E-state index contributed by atoms with van der Waals surface area (Å²) >= 11 is 1.25. The Hall–Kier alpha value is -2.01. The van der Waals surface area contributed by atoms with Gasteiger partial charge in [0.2, 0.25) is 0 Å². The number of hydrogen-bond acceptors (Lipinski definition) is 4. The fourth-order valence-electron chi connectivity index (χ4n) is 1.65. The highest BCUT2D eigenvalue weighted by Crippen LogP contribution is 2.19. The number of anilines is 1. The Morgan fingerprint density at radius 1 is 1.26 bits per heavy atom. The lowest BCUT2D eigenvalue weighted by Crippen LogP contribution is -2.13. The van der Waals surface area contributed by atoms with Crippen LogP contribution in [0.1, 0.15) is 38.9 Å². The predicted molar refractivity (Wildman–Crippen MR) is 76.0 cm³/mol. The Kier molecular flexibility index (Phi) is 3.76. The van der Waals surface area contributed by atoms with Gasteiger partial charge in [-0.2, -0.15) is 0 Å². The van der Waals surface area contributed by atoms with Gasteiger partial charge in [0, 0.05) is 17.9 Å². The zero-order valence-electron chi connectivity index (χ0n) is 11.0. The van der Waals surface area contributed by atoms with E-state index in [0.29, 0.717) is 16.4 Å². The summed E-state index contributed by atoms with van der Waals surface area (Å²) in [5, 5.41) is 4.80. The van der Waals surface area contributed by atoms with Crippen LogP contribution in [0.5, 0.6) is 0 Å². The molecule has 1 aromatic carbocycles. The van der Waals surface area contributed by atoms with Crippen molar-refractivity contribution in [3.63, 3.8) is 0 Å². The molecule has 0 fully saturated rings. The summed E-state index contributed by atoms with van der Waals surface area (Å²) in [6.07, 6.45) is 0. The second kappa shape index (κ2) is 5.32. The first-order valence-corrected chi connectivity index (χ1v) is 6.71. The van der Waals surface area contributed by atoms with Crippen molar-refractivity contribution < 1.29 is 9.59 Å². The van der Waals surface area contributed by atoms with E-state index in [1.54, 1.807) is 11.4 Å². The monoisotopic (exact) mass is 274 g/mol. The third-order valence-electron chi connectivity index (χ3n) is 2.93. The second-order valence-corrected chi connectivity index (χ2v) is 5.15. The molecule has 4 nitrogen and oxygen atoms in total. The van der Waals surface area contributed by atoms with Crippen molar-refractivity contribution in [3.05, 3.63) is 46.0 Å². The zero-order chi connectivity index (χ0) is 14.0. The van der Waals surface area contributed by atoms with Gasteiger partial charge < -0.3 is 0 Å². The highest BCUT2D eigenvalue weighted by Gasteiger charge is 2.13. The number of nitrogens with one attached hydrogen (secondary N) is 1. The van der Waals surface area contributed by atoms with Crippen molar-refractivity contribution in [1.82, 2.24) is 4.98 Å². The molecule has 0 saturated heterocycles. The van der Waals surface area contributed by atoms with E-state index in [2.05, 4.69) is 10.3 Å². The molecule has 5 heteroatoms. The van der Waals surface area contributed by atoms with Crippen LogP contribution in [-0.2, 0) is 0 Å². The summed E-state index contributed by atoms with van der Waals surface area (Å²) in [6.45, 7) is 5.32. The minimum atomic E-state index is -0.203. The normalized spacial score (nSPS) is 10.3. The van der Waals surface area contributed by atoms with Crippen LogP contribution in [-0.4, -0.2) is 16.7 Å². The molecule has 1 amide bonds. The van der Waals surface area contributed by atoms with Gasteiger partial charge in [0.15, 0.2) is 10.9 Å². The van der Waals surface area contributed by atoms with Gasteiger partial charge in [0.05, 0.1) is 0 Å². The number of ketones is 1. The smallest absolute Gasteiger partial charge is 0.257 e. The molecule has 2 aromatic rings. The van der Waals surface area contributed by atoms with Crippen molar-refractivity contribution in [1.29, 1.82) is 0 Å². The highest BCUT2D eigenvalue weighted by molar-refractivity contribution is 7.14. The Balaban J connectivity index is 2.21. The molecule has 0 aliphatic heterocycles. The van der Waals surface area contributed by atoms with Crippen LogP contribution in [0.25, 0.3) is 0 Å². The van der Waals surface area contributed by atoms with Gasteiger partial charge in [0.25, 0.3) is 5.91 Å². The lowest BCUT2D eigenvalue weighted by atomic mass is 10.0. The molecule has 1 aromatic heterocycles. The SMILES string of the molecule is CC(=O)c1csc(NC(=O)c2cccc(C)c2C)n1. The summed E-state index contributed by atoms with van der Waals surface area (Å²) in [5.41, 5.74) is 3.01. The third kappa shape index (κ3) is 2.88. The van der Waals surface area contributed by atoms with Crippen molar-refractivity contribution in [2.75, 3.05) is 5.32 Å². The van der Waals surface area contributed by atoms with E-state index < -0.39 is 0 Å². The van der Waals surface area contributed by atoms with Crippen molar-refractivity contribution in [2.24, 2.45) is 0 Å². The summed E-state index contributed by atoms with van der Waals surface area (Å²) in [4.78, 5) is 27.3. The quantitative estimate of drug-likeness (QED) is 0.874. The topological polar surface area (TPSA) is 59.1 Å². The number of amides is 1. The molecule has 0 atom stereocenters. The van der Waals surface area contributed by atoms with Gasteiger partial charge in [-0.3, -0.25) is 14.9 Å². The number of aryl methyl sites for hydroxylation is 1. The fourth-order valence-corrected chi connectivity index (χ4v) is 2.40. The number of aromatic nitrogens is 1. The Bertz CT molecular complexity index is 647. The molecule has 98 valence electrons. The third-order valence-corrected chi connectivity index (χ3v) is 3.69. The average Bonchev–Trinajstić information content (AvgIpc) is 2.81. The Morgan fingerprint density at radius 2 is 2.00 bits per heavy atom. The maximum absolute atomic E-state index is 12.1. The Morgan fingerprint density at radius 3 is 2.63 bits per heavy atom. The molecule has 0 unspecified atom stereocenters. The number of Topliss-reactive ketones (excluding diaryl/α,β-unsaturated/α-hetero) is 1. The molecule has 19 heavy (non-hydrogen) atoms. The molecular weight excluding hydrogens is 260 g/mol. The average molecular weight is 274 g/mol. The van der Waals surface area contributed by atoms with Crippen LogP contribution in [0.2, 0.25) is 0 Å². The first kappa shape index (κ1) is 13.4. The molecule has 2 rings (SSSR count). The van der Waals surface area contributed by atoms with Gasteiger partial charge in [-0.1, -0.05) is 12.1 Å². The van der Waals surface area contributed by atoms with E-state index >= 15 is 0 Å². The van der Waals surface area contributed by atoms with E-state index in [-0.39, 0.29) is 11.7 Å². The number of thiazole rings is 1. The first-order chi connectivity index (χ1) is 8.99. The minimum Gasteiger partial charge on any atom is -0.298 e. The molecule has 1 heterocycles. The van der Waals surface area contributed by atoms with E-state index in [0.717, 1.165) is 11.1 Å². The van der Waals surface area contributed by atoms with Gasteiger partial charge in [-0.05, 0) is 31.0 Å². The van der Waals surface area contributed by atoms with Crippen LogP contribution < -0.4 is 5.32 Å². The summed E-state index contributed by atoms with van der Waals surface area (Å²) in [7, 11) is 0. The number of nitrogens with zero attached hydrogens (tertiary/aromatic N) is 1. The molecule has 0 aliphatic rings. The molecule has 0 saturated carbocycles. The van der Waals surface area contributed by atoms with Gasteiger partial charge in [-0.25, -0.2) is 4.98 Å². The number of hydrogen-bond donors (Lipinski definition) is 1. The van der Waals surface area contributed by atoms with E-state index in [9.17, 15) is 9.59 Å². The largest absolute Gasteiger partial charge is 0.298 e. The van der Waals surface area contributed by atoms with Crippen molar-refractivity contribution in [2.45, 2.75) is 20.8 Å². The van der Waals surface area contributed by atoms with E-state index in [1.807, 2.05) is 26.0 Å². The van der Waals surface area contributed by atoms with E-state index in [1.165, 1.54) is 18.3 Å². The summed E-state index contributed by atoms with van der Waals surface area (Å²) in [5.74, 6) is -0.311. The van der Waals surface area contributed by atoms with Crippen LogP contribution in [0.15, 0.2) is 23.6 Å². The van der Waals surface area contributed by atoms with Crippen LogP contribution >= 0.6 is 11.3 Å². The van der Waals surface area contributed by atoms with Gasteiger partial charge in [-0.15, -0.1) is 11.3 Å². The summed E-state index contributed by atoms with van der Waals surface area (Å²) < 4.78 is 0. The van der Waals surface area contributed by atoms with Crippen LogP contribution in [0.3, 0.4) is 0 Å². The van der Waals surface area contributed by atoms with Crippen molar-refractivity contribution >= 4 is 28.2 Å². The molecule has 0 aliphatic carbocycles. The lowest BCUT2D eigenvalue weighted by molar-refractivity contribution is 0.100. The van der Waals surface area contributed by atoms with Gasteiger partial charge in [0.1, 0.15) is 5.69 Å². The molecule has 1 N–H and O–H groups in total. The Labute approximate surface area is 115 Å². The van der Waals surface area contributed by atoms with Crippen LogP contribution in [0.4, 0.5) is 5.13 Å². The molecule has 0 spiro atoms. The lowest BCUT2D eigenvalue weighted by Gasteiger charge is -2.07. The minimum absolute atomic E-state index is 0.108. The number of benzene rings is 1. The standard InChI is InChI=1S/C14H14N2O2S/c1-8-5-4-6-11(9(8)2)13(18)16-14-15-12(7-19-14)10(3)17/h4-7H,1-3H3,(H,15,16,18). The van der Waals surface area contributed by atoms with Gasteiger partial charge >= 0.3 is 0 Å². The maximum atomic E-state index is 12.1. The first-order valence-electron chi connectivity index (χ1n) is 5.83. The van der Waals surface area contributed by atoms with Crippen molar-refractivity contribution in [3.8, 4) is 0 Å². The predicted octanol–water partition coefficient (Wildman–Crippen LogP) is 3.21. The maximum Gasteiger partial charge on any atom is 0.257 e. The number of rotatable bonds is 3. The second-order valence-electron chi connectivity index (χ2n) is 4.30. The molecule has 0 bridgehead atoms. The molecule has 0 radical (unpaired) electrons. The highest BCUT2D eigenvalue weighted by atomic mass is 32.1. The van der Waals surface area contributed by atoms with E-state index in [4.69, 9.17) is 0 Å². The number of carbonyl (C=O) groups excluding carboxylic acids is 2.